The summed E-state index contributed by atoms with van der Waals surface area (Å²) in [5, 5.41) is 3.66. The largest absolute Gasteiger partial charge is 0.446 e. The van der Waals surface area contributed by atoms with Gasteiger partial charge in [-0.3, -0.25) is 0 Å². The fraction of sp³-hybridized carbons (Fsp3) is 0.125. The Morgan fingerprint density at radius 1 is 1.50 bits per heavy atom. The zero-order chi connectivity index (χ0) is 9.97. The van der Waals surface area contributed by atoms with Crippen molar-refractivity contribution < 1.29 is 13.7 Å². The summed E-state index contributed by atoms with van der Waals surface area (Å²) in [5.74, 6) is 1.12. The smallest absolute Gasteiger partial charge is 0.238 e. The van der Waals surface area contributed by atoms with Crippen molar-refractivity contribution in [3.05, 3.63) is 22.7 Å². The van der Waals surface area contributed by atoms with Gasteiger partial charge in [-0.15, -0.1) is 0 Å². The van der Waals surface area contributed by atoms with Crippen LogP contribution in [0.5, 0.6) is 0 Å². The highest BCUT2D eigenvalue weighted by Gasteiger charge is 2.11. The highest BCUT2D eigenvalue weighted by Crippen LogP contribution is 2.22. The van der Waals surface area contributed by atoms with E-state index in [1.165, 1.54) is 0 Å². The Balaban J connectivity index is 2.28. The van der Waals surface area contributed by atoms with Crippen LogP contribution in [-0.2, 0) is 11.2 Å². The van der Waals surface area contributed by atoms with Crippen LogP contribution in [-0.4, -0.2) is 16.4 Å². The van der Waals surface area contributed by atoms with Gasteiger partial charge in [0.25, 0.3) is 0 Å². The monoisotopic (exact) mass is 256 g/mol. The second kappa shape index (κ2) is 3.75. The molecule has 0 fully saturated rings. The Morgan fingerprint density at radius 2 is 2.36 bits per heavy atom. The molecule has 0 aliphatic carbocycles. The van der Waals surface area contributed by atoms with Gasteiger partial charge in [-0.25, -0.2) is 0 Å². The number of hydrogen-bond donors (Lipinski definition) is 0. The quantitative estimate of drug-likeness (QED) is 0.784. The molecule has 0 bridgehead atoms. The molecular formula is C8H5BrN2O3. The number of carbonyl (C=O) groups is 1. The molecule has 0 aliphatic rings. The number of furan rings is 1. The molecule has 72 valence electrons. The van der Waals surface area contributed by atoms with Crippen LogP contribution >= 0.6 is 15.9 Å². The van der Waals surface area contributed by atoms with Gasteiger partial charge in [0.1, 0.15) is 6.29 Å². The fourth-order valence-corrected chi connectivity index (χ4v) is 1.25. The van der Waals surface area contributed by atoms with Crippen LogP contribution < -0.4 is 0 Å². The SMILES string of the molecule is O=CCc1nc(-c2ccc(Br)o2)no1. The van der Waals surface area contributed by atoms with Crippen molar-refractivity contribution in [1.82, 2.24) is 10.1 Å². The summed E-state index contributed by atoms with van der Waals surface area (Å²) >= 11 is 3.16. The van der Waals surface area contributed by atoms with Crippen LogP contribution in [0.4, 0.5) is 0 Å². The first-order valence-electron chi connectivity index (χ1n) is 3.81. The Hall–Kier alpha value is -1.43. The van der Waals surface area contributed by atoms with E-state index in [9.17, 15) is 4.79 Å². The van der Waals surface area contributed by atoms with E-state index in [1.807, 2.05) is 0 Å². The van der Waals surface area contributed by atoms with Crippen molar-refractivity contribution >= 4 is 22.2 Å². The molecule has 0 amide bonds. The first-order valence-corrected chi connectivity index (χ1v) is 4.61. The van der Waals surface area contributed by atoms with Crippen molar-refractivity contribution in [2.24, 2.45) is 0 Å². The fourth-order valence-electron chi connectivity index (χ4n) is 0.944. The highest BCUT2D eigenvalue weighted by atomic mass is 79.9. The van der Waals surface area contributed by atoms with Gasteiger partial charge in [-0.1, -0.05) is 5.16 Å². The Bertz CT molecular complexity index is 449. The lowest BCUT2D eigenvalue weighted by Gasteiger charge is -1.83. The summed E-state index contributed by atoms with van der Waals surface area (Å²) < 4.78 is 10.6. The number of nitrogens with zero attached hydrogens (tertiary/aromatic N) is 2. The molecule has 0 aromatic carbocycles. The zero-order valence-corrected chi connectivity index (χ0v) is 8.52. The second-order valence-corrected chi connectivity index (χ2v) is 3.27. The van der Waals surface area contributed by atoms with Gasteiger partial charge in [0, 0.05) is 0 Å². The molecule has 6 heteroatoms. The van der Waals surface area contributed by atoms with Crippen molar-refractivity contribution in [1.29, 1.82) is 0 Å². The first-order chi connectivity index (χ1) is 6.79. The summed E-state index contributed by atoms with van der Waals surface area (Å²) in [5.41, 5.74) is 0. The Labute approximate surface area is 87.2 Å². The van der Waals surface area contributed by atoms with Crippen LogP contribution in [0.2, 0.25) is 0 Å². The van der Waals surface area contributed by atoms with Gasteiger partial charge in [0.05, 0.1) is 6.42 Å². The first kappa shape index (κ1) is 9.14. The molecular weight excluding hydrogens is 252 g/mol. The number of hydrogen-bond acceptors (Lipinski definition) is 5. The predicted molar refractivity (Wildman–Crippen MR) is 49.5 cm³/mol. The minimum Gasteiger partial charge on any atom is -0.446 e. The third-order valence-corrected chi connectivity index (χ3v) is 1.95. The number of rotatable bonds is 3. The van der Waals surface area contributed by atoms with Crippen LogP contribution in [0.1, 0.15) is 5.89 Å². The van der Waals surface area contributed by atoms with E-state index in [1.54, 1.807) is 12.1 Å². The minimum atomic E-state index is 0.120. The summed E-state index contributed by atoms with van der Waals surface area (Å²) in [4.78, 5) is 14.1. The van der Waals surface area contributed by atoms with E-state index in [0.29, 0.717) is 22.5 Å². The van der Waals surface area contributed by atoms with E-state index in [0.717, 1.165) is 0 Å². The number of halogens is 1. The Kier molecular flexibility index (Phi) is 2.45. The molecule has 0 saturated heterocycles. The van der Waals surface area contributed by atoms with Gasteiger partial charge in [0.15, 0.2) is 10.4 Å². The predicted octanol–water partition coefficient (Wildman–Crippen LogP) is 1.83. The highest BCUT2D eigenvalue weighted by molar-refractivity contribution is 9.10. The van der Waals surface area contributed by atoms with Crippen LogP contribution in [0.25, 0.3) is 11.6 Å². The lowest BCUT2D eigenvalue weighted by Crippen LogP contribution is -1.84. The summed E-state index contributed by atoms with van der Waals surface area (Å²) in [6.45, 7) is 0. The summed E-state index contributed by atoms with van der Waals surface area (Å²) in [7, 11) is 0. The molecule has 2 heterocycles. The van der Waals surface area contributed by atoms with E-state index < -0.39 is 0 Å². The maximum absolute atomic E-state index is 10.2. The molecule has 0 atom stereocenters. The molecule has 0 spiro atoms. The average Bonchev–Trinajstić information content (AvgIpc) is 2.74. The van der Waals surface area contributed by atoms with Crippen molar-refractivity contribution in [3.8, 4) is 11.6 Å². The summed E-state index contributed by atoms with van der Waals surface area (Å²) in [6, 6.07) is 3.44. The van der Waals surface area contributed by atoms with Crippen molar-refractivity contribution in [2.45, 2.75) is 6.42 Å². The maximum Gasteiger partial charge on any atom is 0.238 e. The molecule has 2 aromatic heterocycles. The molecule has 0 aliphatic heterocycles. The standard InChI is InChI=1S/C8H5BrN2O3/c9-6-2-1-5(13-6)8-10-7(3-4-12)14-11-8/h1-2,4H,3H2. The third-order valence-electron chi connectivity index (χ3n) is 1.52. The number of aldehydes is 1. The van der Waals surface area contributed by atoms with Gasteiger partial charge in [-0.2, -0.15) is 4.98 Å². The molecule has 5 nitrogen and oxygen atoms in total. The molecule has 0 radical (unpaired) electrons. The maximum atomic E-state index is 10.2. The summed E-state index contributed by atoms with van der Waals surface area (Å²) in [6.07, 6.45) is 0.824. The molecule has 14 heavy (non-hydrogen) atoms. The molecule has 2 aromatic rings. The Morgan fingerprint density at radius 3 is 3.00 bits per heavy atom. The van der Waals surface area contributed by atoms with E-state index >= 15 is 0 Å². The van der Waals surface area contributed by atoms with Crippen LogP contribution in [0, 0.1) is 0 Å². The minimum absolute atomic E-state index is 0.120. The average molecular weight is 257 g/mol. The number of carbonyl (C=O) groups excluding carboxylic acids is 1. The molecule has 0 N–H and O–H groups in total. The molecule has 2 rings (SSSR count). The number of aromatic nitrogens is 2. The normalized spacial score (nSPS) is 10.4. The lowest BCUT2D eigenvalue weighted by molar-refractivity contribution is -0.107. The molecule has 0 unspecified atom stereocenters. The van der Waals surface area contributed by atoms with Gasteiger partial charge < -0.3 is 13.7 Å². The van der Waals surface area contributed by atoms with Gasteiger partial charge in [0.2, 0.25) is 11.7 Å². The van der Waals surface area contributed by atoms with Gasteiger partial charge in [-0.05, 0) is 28.1 Å². The lowest BCUT2D eigenvalue weighted by atomic mass is 10.4. The van der Waals surface area contributed by atoms with E-state index in [-0.39, 0.29) is 12.3 Å². The molecule has 0 saturated carbocycles. The van der Waals surface area contributed by atoms with E-state index in [4.69, 9.17) is 8.94 Å². The third kappa shape index (κ3) is 1.74. The zero-order valence-electron chi connectivity index (χ0n) is 6.94. The van der Waals surface area contributed by atoms with Crippen molar-refractivity contribution in [3.63, 3.8) is 0 Å². The van der Waals surface area contributed by atoms with Crippen LogP contribution in [0.3, 0.4) is 0 Å². The van der Waals surface area contributed by atoms with Crippen molar-refractivity contribution in [2.75, 3.05) is 0 Å². The van der Waals surface area contributed by atoms with Crippen LogP contribution in [0.15, 0.2) is 25.7 Å². The topological polar surface area (TPSA) is 69.1 Å². The van der Waals surface area contributed by atoms with E-state index in [2.05, 4.69) is 26.1 Å². The second-order valence-electron chi connectivity index (χ2n) is 2.49. The van der Waals surface area contributed by atoms with Gasteiger partial charge >= 0.3 is 0 Å².